The topological polar surface area (TPSA) is 30.5 Å². The molecule has 1 aromatic rings. The minimum Gasteiger partial charge on any atom is -0.493 e. The van der Waals surface area contributed by atoms with Gasteiger partial charge in [0.15, 0.2) is 11.5 Å². The summed E-state index contributed by atoms with van der Waals surface area (Å²) in [5.74, 6) is 1.61. The summed E-state index contributed by atoms with van der Waals surface area (Å²) in [6, 6.07) is 6.39. The largest absolute Gasteiger partial charge is 0.493 e. The van der Waals surface area contributed by atoms with Crippen molar-refractivity contribution < 1.29 is 9.47 Å². The molecule has 0 heterocycles. The summed E-state index contributed by atoms with van der Waals surface area (Å²) in [5, 5.41) is 3.18. The monoisotopic (exact) mass is 237 g/mol. The van der Waals surface area contributed by atoms with Crippen molar-refractivity contribution in [1.82, 2.24) is 5.32 Å². The van der Waals surface area contributed by atoms with Gasteiger partial charge in [-0.25, -0.2) is 0 Å². The van der Waals surface area contributed by atoms with E-state index in [9.17, 15) is 0 Å². The van der Waals surface area contributed by atoms with Crippen LogP contribution in [0.1, 0.15) is 26.3 Å². The summed E-state index contributed by atoms with van der Waals surface area (Å²) in [5.41, 5.74) is 1.25. The Balaban J connectivity index is 2.83. The van der Waals surface area contributed by atoms with Gasteiger partial charge in [-0.15, -0.1) is 0 Å². The van der Waals surface area contributed by atoms with Crippen LogP contribution in [0.3, 0.4) is 0 Å². The van der Waals surface area contributed by atoms with Crippen LogP contribution in [0, 0.1) is 0 Å². The molecule has 0 radical (unpaired) electrons. The first-order chi connectivity index (χ1) is 8.12. The number of hydrogen-bond acceptors (Lipinski definition) is 3. The van der Waals surface area contributed by atoms with Crippen molar-refractivity contribution in [3.05, 3.63) is 23.8 Å². The van der Waals surface area contributed by atoms with E-state index in [0.717, 1.165) is 17.9 Å². The zero-order valence-electron chi connectivity index (χ0n) is 11.4. The minimum absolute atomic E-state index is 0.0985. The number of ether oxygens (including phenoxy) is 2. The van der Waals surface area contributed by atoms with Gasteiger partial charge in [0.2, 0.25) is 0 Å². The Bertz CT molecular complexity index is 352. The summed E-state index contributed by atoms with van der Waals surface area (Å²) in [7, 11) is 3.61. The molecule has 0 saturated carbocycles. The number of benzene rings is 1. The first-order valence-electron chi connectivity index (χ1n) is 6.13. The Morgan fingerprint density at radius 2 is 1.94 bits per heavy atom. The number of likely N-dealkylation sites (N-methyl/N-ethyl adjacent to an activating group) is 1. The Morgan fingerprint density at radius 3 is 2.47 bits per heavy atom. The summed E-state index contributed by atoms with van der Waals surface area (Å²) in [4.78, 5) is 0. The van der Waals surface area contributed by atoms with Crippen molar-refractivity contribution in [2.75, 3.05) is 14.2 Å². The van der Waals surface area contributed by atoms with Gasteiger partial charge in [0, 0.05) is 6.04 Å². The van der Waals surface area contributed by atoms with Crippen LogP contribution in [-0.4, -0.2) is 26.3 Å². The van der Waals surface area contributed by atoms with Crippen molar-refractivity contribution in [3.63, 3.8) is 0 Å². The zero-order chi connectivity index (χ0) is 12.8. The Kier molecular flexibility index (Phi) is 5.29. The number of rotatable bonds is 6. The summed E-state index contributed by atoms with van der Waals surface area (Å²) < 4.78 is 11.3. The molecule has 2 unspecified atom stereocenters. The van der Waals surface area contributed by atoms with Gasteiger partial charge in [-0.1, -0.05) is 13.0 Å². The molecule has 0 aliphatic carbocycles. The minimum atomic E-state index is 0.0985. The van der Waals surface area contributed by atoms with Crippen molar-refractivity contribution in [2.24, 2.45) is 0 Å². The number of nitrogens with one attached hydrogen (secondary N) is 1. The Hall–Kier alpha value is -1.22. The third kappa shape index (κ3) is 3.63. The molecule has 0 fully saturated rings. The smallest absolute Gasteiger partial charge is 0.161 e. The van der Waals surface area contributed by atoms with Crippen LogP contribution in [0.5, 0.6) is 11.5 Å². The normalized spacial score (nSPS) is 14.2. The van der Waals surface area contributed by atoms with E-state index in [1.54, 1.807) is 7.11 Å². The van der Waals surface area contributed by atoms with Gasteiger partial charge >= 0.3 is 0 Å². The van der Waals surface area contributed by atoms with Crippen molar-refractivity contribution in [3.8, 4) is 11.5 Å². The molecule has 2 atom stereocenters. The molecule has 3 nitrogen and oxygen atoms in total. The molecule has 1 aromatic carbocycles. The van der Waals surface area contributed by atoms with E-state index >= 15 is 0 Å². The predicted octanol–water partition coefficient (Wildman–Crippen LogP) is 2.63. The molecular formula is C14H23NO2. The quantitative estimate of drug-likeness (QED) is 0.825. The van der Waals surface area contributed by atoms with E-state index in [0.29, 0.717) is 6.04 Å². The van der Waals surface area contributed by atoms with E-state index < -0.39 is 0 Å². The molecule has 3 heteroatoms. The van der Waals surface area contributed by atoms with Crippen LogP contribution in [-0.2, 0) is 6.42 Å². The second-order valence-corrected chi connectivity index (χ2v) is 4.24. The standard InChI is InChI=1S/C14H23NO2/c1-6-12-7-8-13(14(9-12)16-5)17-11(3)10(2)15-4/h7-11,15H,6H2,1-5H3. The fourth-order valence-corrected chi connectivity index (χ4v) is 1.57. The highest BCUT2D eigenvalue weighted by molar-refractivity contribution is 5.43. The molecule has 0 aliphatic heterocycles. The first kappa shape index (κ1) is 13.8. The molecule has 0 aromatic heterocycles. The lowest BCUT2D eigenvalue weighted by Gasteiger charge is -2.22. The first-order valence-corrected chi connectivity index (χ1v) is 6.13. The van der Waals surface area contributed by atoms with Gasteiger partial charge in [0.1, 0.15) is 6.10 Å². The average Bonchev–Trinajstić information content (AvgIpc) is 2.37. The van der Waals surface area contributed by atoms with E-state index in [1.807, 2.05) is 26.1 Å². The summed E-state index contributed by atoms with van der Waals surface area (Å²) >= 11 is 0. The maximum Gasteiger partial charge on any atom is 0.161 e. The lowest BCUT2D eigenvalue weighted by Crippen LogP contribution is -2.36. The van der Waals surface area contributed by atoms with E-state index in [4.69, 9.17) is 9.47 Å². The fraction of sp³-hybridized carbons (Fsp3) is 0.571. The van der Waals surface area contributed by atoms with Crippen molar-refractivity contribution >= 4 is 0 Å². The molecule has 17 heavy (non-hydrogen) atoms. The van der Waals surface area contributed by atoms with Gasteiger partial charge in [-0.05, 0) is 45.0 Å². The molecule has 1 rings (SSSR count). The SMILES string of the molecule is CCc1ccc(OC(C)C(C)NC)c(OC)c1. The molecule has 0 aliphatic rings. The number of aryl methyl sites for hydroxylation is 1. The summed E-state index contributed by atoms with van der Waals surface area (Å²) in [6.07, 6.45) is 1.10. The third-order valence-electron chi connectivity index (χ3n) is 3.11. The van der Waals surface area contributed by atoms with Crippen molar-refractivity contribution in [1.29, 1.82) is 0 Å². The maximum atomic E-state index is 5.90. The van der Waals surface area contributed by atoms with E-state index in [2.05, 4.69) is 25.2 Å². The van der Waals surface area contributed by atoms with Gasteiger partial charge < -0.3 is 14.8 Å². The molecule has 0 spiro atoms. The third-order valence-corrected chi connectivity index (χ3v) is 3.11. The Morgan fingerprint density at radius 1 is 1.24 bits per heavy atom. The van der Waals surface area contributed by atoms with Crippen molar-refractivity contribution in [2.45, 2.75) is 39.3 Å². The molecule has 0 saturated heterocycles. The van der Waals surface area contributed by atoms with E-state index in [1.165, 1.54) is 5.56 Å². The summed E-state index contributed by atoms with van der Waals surface area (Å²) in [6.45, 7) is 6.27. The van der Waals surface area contributed by atoms with Gasteiger partial charge in [-0.2, -0.15) is 0 Å². The highest BCUT2D eigenvalue weighted by Crippen LogP contribution is 2.29. The highest BCUT2D eigenvalue weighted by Gasteiger charge is 2.14. The maximum absolute atomic E-state index is 5.90. The molecule has 0 amide bonds. The number of methoxy groups -OCH3 is 1. The molecule has 0 bridgehead atoms. The van der Waals surface area contributed by atoms with Gasteiger partial charge in [0.05, 0.1) is 7.11 Å². The van der Waals surface area contributed by atoms with Crippen LogP contribution in [0.2, 0.25) is 0 Å². The molecule has 1 N–H and O–H groups in total. The lowest BCUT2D eigenvalue weighted by molar-refractivity contribution is 0.175. The average molecular weight is 237 g/mol. The highest BCUT2D eigenvalue weighted by atomic mass is 16.5. The fourth-order valence-electron chi connectivity index (χ4n) is 1.57. The van der Waals surface area contributed by atoms with Gasteiger partial charge in [-0.3, -0.25) is 0 Å². The number of hydrogen-bond donors (Lipinski definition) is 1. The second kappa shape index (κ2) is 6.50. The van der Waals surface area contributed by atoms with Crippen LogP contribution in [0.15, 0.2) is 18.2 Å². The van der Waals surface area contributed by atoms with Gasteiger partial charge in [0.25, 0.3) is 0 Å². The van der Waals surface area contributed by atoms with Crippen LogP contribution in [0.25, 0.3) is 0 Å². The van der Waals surface area contributed by atoms with E-state index in [-0.39, 0.29) is 6.10 Å². The van der Waals surface area contributed by atoms with Crippen LogP contribution < -0.4 is 14.8 Å². The molecule has 96 valence electrons. The second-order valence-electron chi connectivity index (χ2n) is 4.24. The zero-order valence-corrected chi connectivity index (χ0v) is 11.4. The molecular weight excluding hydrogens is 214 g/mol. The lowest BCUT2D eigenvalue weighted by atomic mass is 10.1. The predicted molar refractivity (Wildman–Crippen MR) is 71.0 cm³/mol. The van der Waals surface area contributed by atoms with Crippen LogP contribution in [0.4, 0.5) is 0 Å². The van der Waals surface area contributed by atoms with Crippen LogP contribution >= 0.6 is 0 Å². The Labute approximate surface area is 104 Å².